The number of nitrogens with zero attached hydrogens (tertiary/aromatic N) is 6. The van der Waals surface area contributed by atoms with E-state index in [-0.39, 0.29) is 11.4 Å². The largest absolute Gasteiger partial charge is 0.464 e. The SMILES string of the molecule is COC(=O)c1cnc2cccnc2n1.COC(=O)c1cnc2cccnc2n1. The second kappa shape index (κ2) is 8.54. The van der Waals surface area contributed by atoms with Gasteiger partial charge in [0.15, 0.2) is 22.7 Å². The summed E-state index contributed by atoms with van der Waals surface area (Å²) in [6, 6.07) is 7.07. The molecule has 0 aliphatic heterocycles. The highest BCUT2D eigenvalue weighted by molar-refractivity contribution is 5.89. The Kier molecular flexibility index (Phi) is 5.70. The molecule has 0 bridgehead atoms. The summed E-state index contributed by atoms with van der Waals surface area (Å²) < 4.78 is 9.03. The molecule has 0 spiro atoms. The summed E-state index contributed by atoms with van der Waals surface area (Å²) in [5.74, 6) is -1.02. The molecule has 0 aliphatic carbocycles. The number of ether oxygens (including phenoxy) is 2. The fourth-order valence-electron chi connectivity index (χ4n) is 2.10. The molecule has 4 aromatic heterocycles. The van der Waals surface area contributed by atoms with Crippen molar-refractivity contribution >= 4 is 34.3 Å². The maximum atomic E-state index is 11.1. The van der Waals surface area contributed by atoms with Crippen molar-refractivity contribution in [2.24, 2.45) is 0 Å². The van der Waals surface area contributed by atoms with E-state index >= 15 is 0 Å². The van der Waals surface area contributed by atoms with Gasteiger partial charge in [-0.3, -0.25) is 9.97 Å². The van der Waals surface area contributed by atoms with Crippen LogP contribution < -0.4 is 0 Å². The first-order valence-corrected chi connectivity index (χ1v) is 7.94. The Balaban J connectivity index is 0.000000161. The van der Waals surface area contributed by atoms with Crippen molar-refractivity contribution in [1.82, 2.24) is 29.9 Å². The zero-order chi connectivity index (χ0) is 19.9. The van der Waals surface area contributed by atoms with E-state index in [4.69, 9.17) is 0 Å². The molecule has 0 aliphatic rings. The Morgan fingerprint density at radius 2 is 1.14 bits per heavy atom. The highest BCUT2D eigenvalue weighted by atomic mass is 16.5. The van der Waals surface area contributed by atoms with Crippen molar-refractivity contribution in [3.63, 3.8) is 0 Å². The first-order chi connectivity index (χ1) is 13.6. The summed E-state index contributed by atoms with van der Waals surface area (Å²) in [6.45, 7) is 0. The molecule has 0 unspecified atom stereocenters. The predicted molar refractivity (Wildman–Crippen MR) is 97.3 cm³/mol. The molecule has 0 N–H and O–H groups in total. The van der Waals surface area contributed by atoms with Gasteiger partial charge in [-0.2, -0.15) is 0 Å². The average Bonchev–Trinajstić information content (AvgIpc) is 2.77. The predicted octanol–water partition coefficient (Wildman–Crippen LogP) is 1.62. The number of methoxy groups -OCH3 is 2. The summed E-state index contributed by atoms with van der Waals surface area (Å²) in [5, 5.41) is 0. The van der Waals surface area contributed by atoms with Crippen molar-refractivity contribution in [2.45, 2.75) is 0 Å². The number of carbonyl (C=O) groups excluding carboxylic acids is 2. The van der Waals surface area contributed by atoms with Gasteiger partial charge in [-0.25, -0.2) is 29.5 Å². The van der Waals surface area contributed by atoms with Crippen LogP contribution in [-0.4, -0.2) is 56.1 Å². The molecular formula is C18H14N6O4. The van der Waals surface area contributed by atoms with Crippen LogP contribution >= 0.6 is 0 Å². The van der Waals surface area contributed by atoms with Gasteiger partial charge < -0.3 is 9.47 Å². The first kappa shape index (κ1) is 18.7. The third kappa shape index (κ3) is 4.18. The summed E-state index contributed by atoms with van der Waals surface area (Å²) in [6.07, 6.45) is 5.93. The number of fused-ring (bicyclic) bond motifs is 2. The van der Waals surface area contributed by atoms with Crippen molar-refractivity contribution in [1.29, 1.82) is 0 Å². The van der Waals surface area contributed by atoms with E-state index in [1.165, 1.54) is 26.6 Å². The molecule has 4 heterocycles. The lowest BCUT2D eigenvalue weighted by molar-refractivity contribution is 0.0585. The molecule has 28 heavy (non-hydrogen) atoms. The summed E-state index contributed by atoms with van der Waals surface area (Å²) in [7, 11) is 2.60. The van der Waals surface area contributed by atoms with E-state index < -0.39 is 11.9 Å². The topological polar surface area (TPSA) is 130 Å². The minimum atomic E-state index is -0.509. The van der Waals surface area contributed by atoms with E-state index in [1.807, 2.05) is 0 Å². The Morgan fingerprint density at radius 1 is 0.714 bits per heavy atom. The van der Waals surface area contributed by atoms with Gasteiger partial charge >= 0.3 is 11.9 Å². The van der Waals surface area contributed by atoms with Crippen LogP contribution in [0.3, 0.4) is 0 Å². The van der Waals surface area contributed by atoms with Crippen molar-refractivity contribution in [3.8, 4) is 0 Å². The normalized spacial score (nSPS) is 10.1. The molecule has 10 heteroatoms. The lowest BCUT2D eigenvalue weighted by Crippen LogP contribution is -2.05. The van der Waals surface area contributed by atoms with Crippen molar-refractivity contribution in [3.05, 3.63) is 60.4 Å². The molecule has 0 atom stereocenters. The number of hydrogen-bond acceptors (Lipinski definition) is 10. The molecule has 0 radical (unpaired) electrons. The zero-order valence-electron chi connectivity index (χ0n) is 14.9. The van der Waals surface area contributed by atoms with Gasteiger partial charge in [-0.1, -0.05) is 0 Å². The number of aromatic nitrogens is 6. The van der Waals surface area contributed by atoms with Gasteiger partial charge in [-0.15, -0.1) is 0 Å². The standard InChI is InChI=1S/2C9H7N3O2/c2*1-14-9(13)7-5-11-6-3-2-4-10-8(6)12-7/h2*2-5H,1H3. The van der Waals surface area contributed by atoms with Gasteiger partial charge in [0.25, 0.3) is 0 Å². The number of hydrogen-bond donors (Lipinski definition) is 0. The van der Waals surface area contributed by atoms with Crippen LogP contribution in [0.15, 0.2) is 49.1 Å². The van der Waals surface area contributed by atoms with E-state index in [0.29, 0.717) is 22.3 Å². The lowest BCUT2D eigenvalue weighted by atomic mass is 10.4. The highest BCUT2D eigenvalue weighted by Gasteiger charge is 2.09. The van der Waals surface area contributed by atoms with E-state index in [9.17, 15) is 9.59 Å². The number of rotatable bonds is 2. The molecule has 140 valence electrons. The Hall–Kier alpha value is -4.08. The third-order valence-electron chi connectivity index (χ3n) is 3.43. The quantitative estimate of drug-likeness (QED) is 0.474. The molecule has 0 aromatic carbocycles. The van der Waals surface area contributed by atoms with Crippen LogP contribution in [0.2, 0.25) is 0 Å². The van der Waals surface area contributed by atoms with Crippen LogP contribution in [0, 0.1) is 0 Å². The molecule has 0 saturated carbocycles. The molecule has 0 saturated heterocycles. The lowest BCUT2D eigenvalue weighted by Gasteiger charge is -1.98. The first-order valence-electron chi connectivity index (χ1n) is 7.94. The molecule has 10 nitrogen and oxygen atoms in total. The van der Waals surface area contributed by atoms with Crippen molar-refractivity contribution < 1.29 is 19.1 Å². The van der Waals surface area contributed by atoms with Gasteiger partial charge in [0, 0.05) is 12.4 Å². The summed E-state index contributed by atoms with van der Waals surface area (Å²) in [5.41, 5.74) is 2.52. The highest BCUT2D eigenvalue weighted by Crippen LogP contribution is 2.06. The number of pyridine rings is 2. The number of carbonyl (C=O) groups is 2. The minimum absolute atomic E-state index is 0.165. The summed E-state index contributed by atoms with van der Waals surface area (Å²) in [4.78, 5) is 46.2. The van der Waals surface area contributed by atoms with Gasteiger partial charge in [0.1, 0.15) is 11.0 Å². The number of esters is 2. The molecule has 4 rings (SSSR count). The third-order valence-corrected chi connectivity index (χ3v) is 3.43. The van der Waals surface area contributed by atoms with E-state index in [0.717, 1.165) is 0 Å². The zero-order valence-corrected chi connectivity index (χ0v) is 14.9. The molecule has 0 amide bonds. The Morgan fingerprint density at radius 3 is 1.54 bits per heavy atom. The van der Waals surface area contributed by atoms with Gasteiger partial charge in [0.05, 0.1) is 26.6 Å². The minimum Gasteiger partial charge on any atom is -0.464 e. The molecule has 4 aromatic rings. The molecule has 0 fully saturated rings. The van der Waals surface area contributed by atoms with Crippen LogP contribution in [-0.2, 0) is 9.47 Å². The fraction of sp³-hybridized carbons (Fsp3) is 0.111. The maximum Gasteiger partial charge on any atom is 0.358 e. The Bertz CT molecular complexity index is 1060. The maximum absolute atomic E-state index is 11.1. The average molecular weight is 378 g/mol. The summed E-state index contributed by atoms with van der Waals surface area (Å²) >= 11 is 0. The van der Waals surface area contributed by atoms with Crippen LogP contribution in [0.1, 0.15) is 21.0 Å². The smallest absolute Gasteiger partial charge is 0.358 e. The van der Waals surface area contributed by atoms with E-state index in [2.05, 4.69) is 39.4 Å². The monoisotopic (exact) mass is 378 g/mol. The van der Waals surface area contributed by atoms with Crippen LogP contribution in [0.5, 0.6) is 0 Å². The van der Waals surface area contributed by atoms with Crippen LogP contribution in [0.25, 0.3) is 22.3 Å². The van der Waals surface area contributed by atoms with Crippen molar-refractivity contribution in [2.75, 3.05) is 14.2 Å². The van der Waals surface area contributed by atoms with Gasteiger partial charge in [0.2, 0.25) is 0 Å². The second-order valence-corrected chi connectivity index (χ2v) is 5.19. The second-order valence-electron chi connectivity index (χ2n) is 5.19. The van der Waals surface area contributed by atoms with Gasteiger partial charge in [-0.05, 0) is 24.3 Å². The van der Waals surface area contributed by atoms with Crippen LogP contribution in [0.4, 0.5) is 0 Å². The fourth-order valence-corrected chi connectivity index (χ4v) is 2.10. The van der Waals surface area contributed by atoms with E-state index in [1.54, 1.807) is 36.7 Å². The molecular weight excluding hydrogens is 364 g/mol. The Labute approximate surface area is 158 Å².